The van der Waals surface area contributed by atoms with Crippen LogP contribution >= 0.6 is 11.8 Å². The minimum atomic E-state index is -3.92. The molecule has 1 aliphatic rings. The maximum absolute atomic E-state index is 13.4. The molecule has 2 aromatic carbocycles. The second-order valence-electron chi connectivity index (χ2n) is 7.73. The van der Waals surface area contributed by atoms with E-state index >= 15 is 0 Å². The quantitative estimate of drug-likeness (QED) is 0.485. The van der Waals surface area contributed by atoms with E-state index in [4.69, 9.17) is 4.74 Å². The number of hydrogen-bond donors (Lipinski definition) is 1. The molecule has 2 aromatic rings. The van der Waals surface area contributed by atoms with Crippen molar-refractivity contribution in [1.82, 2.24) is 5.32 Å². The van der Waals surface area contributed by atoms with Crippen LogP contribution in [0.5, 0.6) is 5.75 Å². The molecule has 0 saturated heterocycles. The van der Waals surface area contributed by atoms with E-state index in [0.29, 0.717) is 29.8 Å². The van der Waals surface area contributed by atoms with Gasteiger partial charge in [-0.25, -0.2) is 8.42 Å². The number of amides is 1. The van der Waals surface area contributed by atoms with Gasteiger partial charge < -0.3 is 10.1 Å². The first-order valence-electron chi connectivity index (χ1n) is 11.2. The van der Waals surface area contributed by atoms with Gasteiger partial charge in [0.25, 0.3) is 10.0 Å². The second kappa shape index (κ2) is 12.2. The molecule has 1 N–H and O–H groups in total. The molecule has 174 valence electrons. The molecule has 0 radical (unpaired) electrons. The van der Waals surface area contributed by atoms with E-state index in [1.807, 2.05) is 24.8 Å². The van der Waals surface area contributed by atoms with Crippen molar-refractivity contribution < 1.29 is 17.9 Å². The highest BCUT2D eigenvalue weighted by molar-refractivity contribution is 7.99. The summed E-state index contributed by atoms with van der Waals surface area (Å²) in [5.41, 5.74) is 0.452. The van der Waals surface area contributed by atoms with Gasteiger partial charge in [-0.1, -0.05) is 37.5 Å². The molecule has 0 bridgehead atoms. The molecule has 0 spiro atoms. The number of hydrogen-bond acceptors (Lipinski definition) is 5. The lowest BCUT2D eigenvalue weighted by Crippen LogP contribution is -2.41. The molecule has 1 saturated carbocycles. The number of anilines is 1. The summed E-state index contributed by atoms with van der Waals surface area (Å²) < 4.78 is 33.3. The summed E-state index contributed by atoms with van der Waals surface area (Å²) >= 11 is 1.90. The summed E-state index contributed by atoms with van der Waals surface area (Å²) in [4.78, 5) is 12.8. The molecule has 8 heteroatoms. The molecule has 3 rings (SSSR count). The van der Waals surface area contributed by atoms with Crippen molar-refractivity contribution in [2.75, 3.05) is 29.8 Å². The molecular formula is C24H32N2O4S2. The highest BCUT2D eigenvalue weighted by Gasteiger charge is 2.27. The van der Waals surface area contributed by atoms with Crippen molar-refractivity contribution in [2.45, 2.75) is 49.2 Å². The second-order valence-corrected chi connectivity index (χ2v) is 11.0. The lowest BCUT2D eigenvalue weighted by molar-refractivity contribution is -0.119. The van der Waals surface area contributed by atoms with Crippen LogP contribution in [0.15, 0.2) is 59.5 Å². The minimum Gasteiger partial charge on any atom is -0.494 e. The Labute approximate surface area is 195 Å². The summed E-state index contributed by atoms with van der Waals surface area (Å²) in [6.07, 6.45) is 6.41. The average molecular weight is 477 g/mol. The number of rotatable bonds is 11. The van der Waals surface area contributed by atoms with Gasteiger partial charge in [-0.3, -0.25) is 9.10 Å². The number of benzene rings is 2. The van der Waals surface area contributed by atoms with Crippen LogP contribution in [0.25, 0.3) is 0 Å². The van der Waals surface area contributed by atoms with Gasteiger partial charge in [0, 0.05) is 17.5 Å². The van der Waals surface area contributed by atoms with Gasteiger partial charge in [-0.15, -0.1) is 0 Å². The fourth-order valence-electron chi connectivity index (χ4n) is 3.75. The Morgan fingerprint density at radius 2 is 1.75 bits per heavy atom. The molecular weight excluding hydrogens is 444 g/mol. The van der Waals surface area contributed by atoms with Crippen LogP contribution in [0.3, 0.4) is 0 Å². The third-order valence-corrected chi connectivity index (χ3v) is 8.55. The predicted molar refractivity (Wildman–Crippen MR) is 131 cm³/mol. The molecule has 0 heterocycles. The van der Waals surface area contributed by atoms with E-state index in [-0.39, 0.29) is 17.3 Å². The molecule has 1 fully saturated rings. The number of nitrogens with zero attached hydrogens (tertiary/aromatic N) is 1. The van der Waals surface area contributed by atoms with Crippen LogP contribution in [0.2, 0.25) is 0 Å². The van der Waals surface area contributed by atoms with Crippen LogP contribution in [0, 0.1) is 0 Å². The summed E-state index contributed by atoms with van der Waals surface area (Å²) in [5, 5.41) is 3.57. The highest BCUT2D eigenvalue weighted by atomic mass is 32.2. The van der Waals surface area contributed by atoms with E-state index in [9.17, 15) is 13.2 Å². The van der Waals surface area contributed by atoms with Gasteiger partial charge in [0.05, 0.1) is 17.2 Å². The van der Waals surface area contributed by atoms with E-state index in [0.717, 1.165) is 10.1 Å². The molecule has 1 amide bonds. The van der Waals surface area contributed by atoms with Crippen LogP contribution in [0.4, 0.5) is 5.69 Å². The average Bonchev–Trinajstić information content (AvgIpc) is 2.82. The fraction of sp³-hybridized carbons (Fsp3) is 0.458. The van der Waals surface area contributed by atoms with Crippen LogP contribution in [-0.2, 0) is 14.8 Å². The Morgan fingerprint density at radius 3 is 2.41 bits per heavy atom. The lowest BCUT2D eigenvalue weighted by Gasteiger charge is -2.24. The van der Waals surface area contributed by atoms with Gasteiger partial charge >= 0.3 is 0 Å². The zero-order chi connectivity index (χ0) is 22.8. The molecule has 32 heavy (non-hydrogen) atoms. The number of para-hydroxylation sites is 1. The summed E-state index contributed by atoms with van der Waals surface area (Å²) in [7, 11) is -3.92. The summed E-state index contributed by atoms with van der Waals surface area (Å²) in [5.74, 6) is 1.13. The summed E-state index contributed by atoms with van der Waals surface area (Å²) in [6, 6.07) is 15.0. The first kappa shape index (κ1) is 24.5. The van der Waals surface area contributed by atoms with E-state index in [2.05, 4.69) is 5.32 Å². The Balaban J connectivity index is 1.65. The molecule has 0 unspecified atom stereocenters. The van der Waals surface area contributed by atoms with Crippen LogP contribution in [0.1, 0.15) is 39.0 Å². The smallest absolute Gasteiger partial charge is 0.264 e. The predicted octanol–water partition coefficient (Wildman–Crippen LogP) is 4.46. The number of nitrogens with one attached hydrogen (secondary N) is 1. The largest absolute Gasteiger partial charge is 0.494 e. The third kappa shape index (κ3) is 6.90. The zero-order valence-corrected chi connectivity index (χ0v) is 20.2. The standard InChI is InChI=1S/C24H32N2O4S2/c1-2-30-21-13-15-23(16-14-21)32(28,29)26(20-9-5-3-6-10-20)19-24(27)25-17-18-31-22-11-7-4-8-12-22/h3,5-6,9-10,13-16,22H,2,4,7-8,11-12,17-19H2,1H3,(H,25,27). The van der Waals surface area contributed by atoms with Crippen molar-refractivity contribution in [3.63, 3.8) is 0 Å². The normalized spacial score (nSPS) is 14.7. The van der Waals surface area contributed by atoms with Gasteiger partial charge in [-0.05, 0) is 56.2 Å². The number of sulfonamides is 1. The SMILES string of the molecule is CCOc1ccc(S(=O)(=O)N(CC(=O)NCCSC2CCCCC2)c2ccccc2)cc1. The van der Waals surface area contributed by atoms with Crippen molar-refractivity contribution in [2.24, 2.45) is 0 Å². The fourth-order valence-corrected chi connectivity index (χ4v) is 6.39. The third-order valence-electron chi connectivity index (χ3n) is 5.38. The van der Waals surface area contributed by atoms with Gasteiger partial charge in [-0.2, -0.15) is 11.8 Å². The Bertz CT molecular complexity index is 944. The van der Waals surface area contributed by atoms with Crippen LogP contribution < -0.4 is 14.4 Å². The number of thioether (sulfide) groups is 1. The Morgan fingerprint density at radius 1 is 1.06 bits per heavy atom. The highest BCUT2D eigenvalue weighted by Crippen LogP contribution is 2.28. The first-order chi connectivity index (χ1) is 15.5. The number of ether oxygens (including phenoxy) is 1. The number of carbonyl (C=O) groups is 1. The van der Waals surface area contributed by atoms with Crippen molar-refractivity contribution in [1.29, 1.82) is 0 Å². The van der Waals surface area contributed by atoms with Gasteiger partial charge in [0.1, 0.15) is 12.3 Å². The molecule has 0 atom stereocenters. The molecule has 1 aliphatic carbocycles. The van der Waals surface area contributed by atoms with E-state index in [1.54, 1.807) is 36.4 Å². The van der Waals surface area contributed by atoms with Gasteiger partial charge in [0.2, 0.25) is 5.91 Å². The van der Waals surface area contributed by atoms with Crippen molar-refractivity contribution in [3.8, 4) is 5.75 Å². The topological polar surface area (TPSA) is 75.7 Å². The van der Waals surface area contributed by atoms with E-state index < -0.39 is 10.0 Å². The summed E-state index contributed by atoms with van der Waals surface area (Å²) in [6.45, 7) is 2.63. The Kier molecular flexibility index (Phi) is 9.29. The maximum atomic E-state index is 13.4. The Hall–Kier alpha value is -2.19. The van der Waals surface area contributed by atoms with Crippen molar-refractivity contribution >= 4 is 33.4 Å². The zero-order valence-electron chi connectivity index (χ0n) is 18.5. The van der Waals surface area contributed by atoms with E-state index in [1.165, 1.54) is 44.2 Å². The molecule has 6 nitrogen and oxygen atoms in total. The lowest BCUT2D eigenvalue weighted by atomic mass is 10.0. The van der Waals surface area contributed by atoms with Gasteiger partial charge in [0.15, 0.2) is 0 Å². The molecule has 0 aromatic heterocycles. The van der Waals surface area contributed by atoms with Crippen LogP contribution in [-0.4, -0.2) is 45.0 Å². The number of carbonyl (C=O) groups excluding carboxylic acids is 1. The first-order valence-corrected chi connectivity index (χ1v) is 13.7. The van der Waals surface area contributed by atoms with Crippen molar-refractivity contribution in [3.05, 3.63) is 54.6 Å². The molecule has 0 aliphatic heterocycles. The monoisotopic (exact) mass is 476 g/mol. The minimum absolute atomic E-state index is 0.116. The maximum Gasteiger partial charge on any atom is 0.264 e.